The standard InChI is InChI=1S/C28H28N2O5/c1-5-34-21-9-10-22(23(15-21)35-6-2)26(31)24-25(19-8-7-11-29-16-19)30(28(33)27(24)32)20-13-17(3)12-18(4)14-20/h7-16,25,31H,5-6H2,1-4H3/b26-24-. The van der Waals surface area contributed by atoms with Crippen molar-refractivity contribution in [2.45, 2.75) is 33.7 Å². The molecule has 35 heavy (non-hydrogen) atoms. The number of carbonyl (C=O) groups excluding carboxylic acids is 2. The van der Waals surface area contributed by atoms with Crippen molar-refractivity contribution in [1.29, 1.82) is 0 Å². The summed E-state index contributed by atoms with van der Waals surface area (Å²) < 4.78 is 11.3. The van der Waals surface area contributed by atoms with Crippen LogP contribution in [0.5, 0.6) is 11.5 Å². The van der Waals surface area contributed by atoms with Crippen molar-refractivity contribution < 1.29 is 24.2 Å². The van der Waals surface area contributed by atoms with Crippen LogP contribution in [0.1, 0.15) is 42.1 Å². The van der Waals surface area contributed by atoms with Crippen molar-refractivity contribution in [2.24, 2.45) is 0 Å². The molecule has 1 aliphatic rings. The van der Waals surface area contributed by atoms with Gasteiger partial charge in [-0.1, -0.05) is 12.1 Å². The zero-order valence-electron chi connectivity index (χ0n) is 20.2. The first-order valence-corrected chi connectivity index (χ1v) is 11.5. The Labute approximate surface area is 204 Å². The first kappa shape index (κ1) is 24.0. The van der Waals surface area contributed by atoms with E-state index in [1.165, 1.54) is 4.90 Å². The minimum absolute atomic E-state index is 0.0210. The van der Waals surface area contributed by atoms with Gasteiger partial charge in [0.15, 0.2) is 0 Å². The summed E-state index contributed by atoms with van der Waals surface area (Å²) in [6.07, 6.45) is 3.22. The molecule has 2 aromatic carbocycles. The van der Waals surface area contributed by atoms with Crippen LogP contribution < -0.4 is 14.4 Å². The van der Waals surface area contributed by atoms with Crippen molar-refractivity contribution in [3.8, 4) is 11.5 Å². The van der Waals surface area contributed by atoms with Gasteiger partial charge in [-0.3, -0.25) is 19.5 Å². The number of ether oxygens (including phenoxy) is 2. The summed E-state index contributed by atoms with van der Waals surface area (Å²) in [6, 6.07) is 13.4. The molecule has 1 aliphatic heterocycles. The van der Waals surface area contributed by atoms with Crippen molar-refractivity contribution in [2.75, 3.05) is 18.1 Å². The fourth-order valence-corrected chi connectivity index (χ4v) is 4.42. The zero-order valence-corrected chi connectivity index (χ0v) is 20.2. The van der Waals surface area contributed by atoms with E-state index in [9.17, 15) is 14.7 Å². The first-order valence-electron chi connectivity index (χ1n) is 11.5. The van der Waals surface area contributed by atoms with E-state index in [-0.39, 0.29) is 11.3 Å². The van der Waals surface area contributed by atoms with E-state index in [0.717, 1.165) is 11.1 Å². The molecule has 1 unspecified atom stereocenters. The molecule has 0 radical (unpaired) electrons. The molecule has 3 aromatic rings. The van der Waals surface area contributed by atoms with Crippen LogP contribution >= 0.6 is 0 Å². The molecule has 0 aliphatic carbocycles. The molecule has 1 saturated heterocycles. The number of aliphatic hydroxyl groups excluding tert-OH is 1. The number of benzene rings is 2. The van der Waals surface area contributed by atoms with Gasteiger partial charge in [-0.25, -0.2) is 0 Å². The monoisotopic (exact) mass is 472 g/mol. The third-order valence-corrected chi connectivity index (χ3v) is 5.75. The molecule has 0 bridgehead atoms. The normalized spacial score (nSPS) is 17.0. The Morgan fingerprint density at radius 1 is 1.00 bits per heavy atom. The van der Waals surface area contributed by atoms with Crippen LogP contribution in [-0.4, -0.2) is 35.0 Å². The number of aryl methyl sites for hydroxylation is 2. The lowest BCUT2D eigenvalue weighted by atomic mass is 9.95. The summed E-state index contributed by atoms with van der Waals surface area (Å²) >= 11 is 0. The third-order valence-electron chi connectivity index (χ3n) is 5.75. The second kappa shape index (κ2) is 10.0. The summed E-state index contributed by atoms with van der Waals surface area (Å²) in [5.41, 5.74) is 3.38. The van der Waals surface area contributed by atoms with Gasteiger partial charge in [-0.05, 0) is 74.7 Å². The van der Waals surface area contributed by atoms with Crippen LogP contribution in [0, 0.1) is 13.8 Å². The number of Topliss-reactive ketones (excluding diaryl/α,β-unsaturated/α-hetero) is 1. The quantitative estimate of drug-likeness (QED) is 0.292. The molecule has 0 spiro atoms. The Morgan fingerprint density at radius 2 is 1.71 bits per heavy atom. The lowest BCUT2D eigenvalue weighted by Gasteiger charge is -2.26. The third kappa shape index (κ3) is 4.62. The molecule has 1 fully saturated rings. The Bertz CT molecular complexity index is 1280. The molecule has 1 amide bonds. The molecule has 1 aromatic heterocycles. The van der Waals surface area contributed by atoms with E-state index in [1.807, 2.05) is 45.9 Å². The van der Waals surface area contributed by atoms with Gasteiger partial charge in [-0.15, -0.1) is 0 Å². The lowest BCUT2D eigenvalue weighted by Crippen LogP contribution is -2.29. The van der Waals surface area contributed by atoms with E-state index < -0.39 is 17.7 Å². The summed E-state index contributed by atoms with van der Waals surface area (Å²) in [5, 5.41) is 11.5. The first-order chi connectivity index (χ1) is 16.8. The molecule has 4 rings (SSSR count). The van der Waals surface area contributed by atoms with E-state index in [0.29, 0.717) is 41.5 Å². The second-order valence-electron chi connectivity index (χ2n) is 8.33. The number of nitrogens with zero attached hydrogens (tertiary/aromatic N) is 2. The van der Waals surface area contributed by atoms with E-state index >= 15 is 0 Å². The molecule has 2 heterocycles. The summed E-state index contributed by atoms with van der Waals surface area (Å²) in [6.45, 7) is 8.38. The minimum Gasteiger partial charge on any atom is -0.507 e. The summed E-state index contributed by atoms with van der Waals surface area (Å²) in [4.78, 5) is 32.4. The van der Waals surface area contributed by atoms with Crippen LogP contribution in [0.2, 0.25) is 0 Å². The maximum absolute atomic E-state index is 13.4. The highest BCUT2D eigenvalue weighted by molar-refractivity contribution is 6.51. The second-order valence-corrected chi connectivity index (χ2v) is 8.33. The SMILES string of the molecule is CCOc1ccc(/C(O)=C2/C(=O)C(=O)N(c3cc(C)cc(C)c3)C2c2cccnc2)c(OCC)c1. The molecule has 7 heteroatoms. The van der Waals surface area contributed by atoms with Crippen LogP contribution in [0.15, 0.2) is 66.5 Å². The summed E-state index contributed by atoms with van der Waals surface area (Å²) in [7, 11) is 0. The molecule has 180 valence electrons. The largest absolute Gasteiger partial charge is 0.507 e. The van der Waals surface area contributed by atoms with E-state index in [4.69, 9.17) is 9.47 Å². The number of hydrogen-bond donors (Lipinski definition) is 1. The van der Waals surface area contributed by atoms with Gasteiger partial charge in [0, 0.05) is 24.1 Å². The van der Waals surface area contributed by atoms with Gasteiger partial charge in [0.05, 0.1) is 30.4 Å². The summed E-state index contributed by atoms with van der Waals surface area (Å²) in [5.74, 6) is -0.859. The van der Waals surface area contributed by atoms with E-state index in [1.54, 1.807) is 42.7 Å². The number of rotatable bonds is 7. The van der Waals surface area contributed by atoms with Crippen LogP contribution in [0.3, 0.4) is 0 Å². The topological polar surface area (TPSA) is 89.0 Å². The number of aliphatic hydroxyl groups is 1. The van der Waals surface area contributed by atoms with Gasteiger partial charge < -0.3 is 14.6 Å². The molecular formula is C28H28N2O5. The molecule has 1 N–H and O–H groups in total. The highest BCUT2D eigenvalue weighted by Gasteiger charge is 2.47. The predicted octanol–water partition coefficient (Wildman–Crippen LogP) is 5.12. The number of pyridine rings is 1. The van der Waals surface area contributed by atoms with E-state index in [2.05, 4.69) is 4.98 Å². The maximum atomic E-state index is 13.4. The number of carbonyl (C=O) groups is 2. The molecule has 7 nitrogen and oxygen atoms in total. The van der Waals surface area contributed by atoms with Crippen molar-refractivity contribution >= 4 is 23.1 Å². The fraction of sp³-hybridized carbons (Fsp3) is 0.250. The number of anilines is 1. The number of ketones is 1. The average molecular weight is 473 g/mol. The van der Waals surface area contributed by atoms with Crippen molar-refractivity contribution in [3.63, 3.8) is 0 Å². The molecule has 0 saturated carbocycles. The minimum atomic E-state index is -0.856. The predicted molar refractivity (Wildman–Crippen MR) is 134 cm³/mol. The zero-order chi connectivity index (χ0) is 25.1. The Hall–Kier alpha value is -4.13. The van der Waals surface area contributed by atoms with Gasteiger partial charge >= 0.3 is 0 Å². The van der Waals surface area contributed by atoms with Crippen molar-refractivity contribution in [3.05, 3.63) is 88.8 Å². The Balaban J connectivity index is 1.95. The van der Waals surface area contributed by atoms with Crippen LogP contribution in [-0.2, 0) is 9.59 Å². The number of hydrogen-bond acceptors (Lipinski definition) is 6. The Kier molecular flexibility index (Phi) is 6.87. The highest BCUT2D eigenvalue weighted by Crippen LogP contribution is 2.43. The van der Waals surface area contributed by atoms with Gasteiger partial charge in [0.1, 0.15) is 17.3 Å². The highest BCUT2D eigenvalue weighted by atomic mass is 16.5. The average Bonchev–Trinajstić information content (AvgIpc) is 3.10. The smallest absolute Gasteiger partial charge is 0.300 e. The molecule has 1 atom stereocenters. The van der Waals surface area contributed by atoms with Gasteiger partial charge in [0.25, 0.3) is 11.7 Å². The van der Waals surface area contributed by atoms with Gasteiger partial charge in [0.2, 0.25) is 0 Å². The maximum Gasteiger partial charge on any atom is 0.300 e. The van der Waals surface area contributed by atoms with Crippen LogP contribution in [0.4, 0.5) is 5.69 Å². The Morgan fingerprint density at radius 3 is 2.34 bits per heavy atom. The van der Waals surface area contributed by atoms with Gasteiger partial charge in [-0.2, -0.15) is 0 Å². The number of aromatic nitrogens is 1. The fourth-order valence-electron chi connectivity index (χ4n) is 4.42. The lowest BCUT2D eigenvalue weighted by molar-refractivity contribution is -0.132. The van der Waals surface area contributed by atoms with Crippen molar-refractivity contribution in [1.82, 2.24) is 4.98 Å². The molecular weight excluding hydrogens is 444 g/mol. The number of amides is 1. The van der Waals surface area contributed by atoms with Crippen LogP contribution in [0.25, 0.3) is 5.76 Å².